The van der Waals surface area contributed by atoms with Gasteiger partial charge in [-0.15, -0.1) is 0 Å². The van der Waals surface area contributed by atoms with E-state index < -0.39 is 18.0 Å². The van der Waals surface area contributed by atoms with Crippen molar-refractivity contribution in [2.24, 2.45) is 5.73 Å². The van der Waals surface area contributed by atoms with Crippen LogP contribution >= 0.6 is 11.6 Å². The fourth-order valence-corrected chi connectivity index (χ4v) is 1.75. The lowest BCUT2D eigenvalue weighted by Gasteiger charge is -2.19. The Balaban J connectivity index is 2.86. The molecule has 0 spiro atoms. The molecule has 0 heterocycles. The van der Waals surface area contributed by atoms with E-state index in [0.29, 0.717) is 12.0 Å². The van der Waals surface area contributed by atoms with Crippen LogP contribution in [0.2, 0.25) is 5.02 Å². The highest BCUT2D eigenvalue weighted by atomic mass is 35.5. The van der Waals surface area contributed by atoms with Crippen LogP contribution in [0, 0.1) is 5.82 Å². The molecular weight excluding hydrogens is 217 g/mol. The molecule has 0 saturated heterocycles. The predicted octanol–water partition coefficient (Wildman–Crippen LogP) is 2.64. The average molecular weight is 232 g/mol. The van der Waals surface area contributed by atoms with Crippen LogP contribution in [-0.2, 0) is 0 Å². The van der Waals surface area contributed by atoms with E-state index in [9.17, 15) is 9.50 Å². The third-order valence-corrected chi connectivity index (χ3v) is 2.65. The lowest BCUT2D eigenvalue weighted by molar-refractivity contribution is 0.134. The van der Waals surface area contributed by atoms with Crippen LogP contribution in [0.15, 0.2) is 18.2 Å². The van der Waals surface area contributed by atoms with E-state index in [-0.39, 0.29) is 5.02 Å². The first kappa shape index (κ1) is 12.4. The molecule has 0 amide bonds. The molecular formula is C11H15ClFNO. The first-order valence-electron chi connectivity index (χ1n) is 4.94. The van der Waals surface area contributed by atoms with E-state index in [4.69, 9.17) is 17.3 Å². The normalized spacial score (nSPS) is 15.0. The Morgan fingerprint density at radius 1 is 1.53 bits per heavy atom. The number of benzene rings is 1. The molecule has 1 rings (SSSR count). The molecule has 0 aliphatic heterocycles. The third-order valence-electron chi connectivity index (χ3n) is 2.32. The minimum atomic E-state index is -0.641. The molecule has 4 heteroatoms. The number of aliphatic hydroxyl groups excluding tert-OH is 1. The van der Waals surface area contributed by atoms with Crippen molar-refractivity contribution in [2.45, 2.75) is 31.9 Å². The van der Waals surface area contributed by atoms with E-state index in [1.807, 2.05) is 6.92 Å². The number of hydrogen-bond acceptors (Lipinski definition) is 2. The molecule has 2 nitrogen and oxygen atoms in total. The van der Waals surface area contributed by atoms with Gasteiger partial charge in [-0.3, -0.25) is 0 Å². The molecule has 0 aromatic heterocycles. The maximum atomic E-state index is 12.8. The molecule has 0 fully saturated rings. The van der Waals surface area contributed by atoms with Crippen molar-refractivity contribution in [1.82, 2.24) is 0 Å². The molecule has 0 aliphatic carbocycles. The highest BCUT2D eigenvalue weighted by Crippen LogP contribution is 2.25. The average Bonchev–Trinajstić information content (AvgIpc) is 2.17. The van der Waals surface area contributed by atoms with Crippen molar-refractivity contribution >= 4 is 11.6 Å². The minimum Gasteiger partial charge on any atom is -0.391 e. The monoisotopic (exact) mass is 231 g/mol. The van der Waals surface area contributed by atoms with Crippen LogP contribution in [0.3, 0.4) is 0 Å². The highest BCUT2D eigenvalue weighted by molar-refractivity contribution is 6.31. The van der Waals surface area contributed by atoms with Crippen LogP contribution in [0.1, 0.15) is 31.4 Å². The SMILES string of the molecule is CCC[C@H](O)[C@H](N)c1ccc(F)cc1Cl. The lowest BCUT2D eigenvalue weighted by Crippen LogP contribution is -2.26. The van der Waals surface area contributed by atoms with Gasteiger partial charge in [0.25, 0.3) is 0 Å². The standard InChI is InChI=1S/C11H15ClFNO/c1-2-3-10(15)11(14)8-5-4-7(13)6-9(8)12/h4-6,10-11,15H,2-3,14H2,1H3/t10-,11+/m0/s1. The Morgan fingerprint density at radius 3 is 2.73 bits per heavy atom. The van der Waals surface area contributed by atoms with Gasteiger partial charge in [-0.2, -0.15) is 0 Å². The second-order valence-corrected chi connectivity index (χ2v) is 3.95. The fraction of sp³-hybridized carbons (Fsp3) is 0.455. The summed E-state index contributed by atoms with van der Waals surface area (Å²) in [5.74, 6) is -0.402. The summed E-state index contributed by atoms with van der Waals surface area (Å²) < 4.78 is 12.8. The van der Waals surface area contributed by atoms with E-state index in [1.165, 1.54) is 18.2 Å². The van der Waals surface area contributed by atoms with Gasteiger partial charge in [0.05, 0.1) is 12.1 Å². The van der Waals surface area contributed by atoms with Gasteiger partial charge in [0.1, 0.15) is 5.82 Å². The van der Waals surface area contributed by atoms with Gasteiger partial charge in [0.15, 0.2) is 0 Å². The maximum absolute atomic E-state index is 12.8. The number of aliphatic hydroxyl groups is 1. The van der Waals surface area contributed by atoms with Crippen LogP contribution in [0.5, 0.6) is 0 Å². The van der Waals surface area contributed by atoms with E-state index in [0.717, 1.165) is 6.42 Å². The summed E-state index contributed by atoms with van der Waals surface area (Å²) in [6, 6.07) is 3.45. The molecule has 0 unspecified atom stereocenters. The van der Waals surface area contributed by atoms with Gasteiger partial charge in [-0.1, -0.05) is 31.0 Å². The summed E-state index contributed by atoms with van der Waals surface area (Å²) in [6.45, 7) is 1.96. The van der Waals surface area contributed by atoms with E-state index >= 15 is 0 Å². The third kappa shape index (κ3) is 3.16. The van der Waals surface area contributed by atoms with Gasteiger partial charge < -0.3 is 10.8 Å². The van der Waals surface area contributed by atoms with Gasteiger partial charge in [0, 0.05) is 5.02 Å². The van der Waals surface area contributed by atoms with Crippen molar-refractivity contribution in [3.8, 4) is 0 Å². The maximum Gasteiger partial charge on any atom is 0.124 e. The second kappa shape index (κ2) is 5.45. The number of nitrogens with two attached hydrogens (primary N) is 1. The van der Waals surface area contributed by atoms with Crippen molar-refractivity contribution in [1.29, 1.82) is 0 Å². The van der Waals surface area contributed by atoms with E-state index in [1.54, 1.807) is 0 Å². The Kier molecular flexibility index (Phi) is 4.51. The van der Waals surface area contributed by atoms with Crippen LogP contribution < -0.4 is 5.73 Å². The summed E-state index contributed by atoms with van der Waals surface area (Å²) >= 11 is 5.84. The molecule has 1 aromatic carbocycles. The minimum absolute atomic E-state index is 0.262. The highest BCUT2D eigenvalue weighted by Gasteiger charge is 2.18. The van der Waals surface area contributed by atoms with Gasteiger partial charge in [-0.05, 0) is 24.1 Å². The Labute approximate surface area is 93.9 Å². The van der Waals surface area contributed by atoms with Gasteiger partial charge >= 0.3 is 0 Å². The smallest absolute Gasteiger partial charge is 0.124 e. The first-order valence-corrected chi connectivity index (χ1v) is 5.32. The number of hydrogen-bond donors (Lipinski definition) is 2. The topological polar surface area (TPSA) is 46.2 Å². The first-order chi connectivity index (χ1) is 7.06. The summed E-state index contributed by atoms with van der Waals surface area (Å²) in [4.78, 5) is 0. The molecule has 0 radical (unpaired) electrons. The predicted molar refractivity (Wildman–Crippen MR) is 59.3 cm³/mol. The van der Waals surface area contributed by atoms with Crippen molar-refractivity contribution in [3.63, 3.8) is 0 Å². The molecule has 84 valence electrons. The molecule has 3 N–H and O–H groups in total. The van der Waals surface area contributed by atoms with Crippen LogP contribution in [0.4, 0.5) is 4.39 Å². The summed E-state index contributed by atoms with van der Waals surface area (Å²) in [6.07, 6.45) is 0.806. The Bertz CT molecular complexity index is 332. The molecule has 0 bridgehead atoms. The zero-order chi connectivity index (χ0) is 11.4. The lowest BCUT2D eigenvalue weighted by atomic mass is 9.99. The van der Waals surface area contributed by atoms with Crippen LogP contribution in [0.25, 0.3) is 0 Å². The molecule has 2 atom stereocenters. The fourth-order valence-electron chi connectivity index (χ4n) is 1.45. The molecule has 15 heavy (non-hydrogen) atoms. The zero-order valence-corrected chi connectivity index (χ0v) is 9.34. The summed E-state index contributed by atoms with van der Waals surface area (Å²) in [5, 5.41) is 9.95. The van der Waals surface area contributed by atoms with Gasteiger partial charge in [-0.25, -0.2) is 4.39 Å². The van der Waals surface area contributed by atoms with Crippen molar-refractivity contribution in [2.75, 3.05) is 0 Å². The number of rotatable bonds is 4. The van der Waals surface area contributed by atoms with Gasteiger partial charge in [0.2, 0.25) is 0 Å². The largest absolute Gasteiger partial charge is 0.391 e. The molecule has 1 aromatic rings. The molecule has 0 saturated carbocycles. The van der Waals surface area contributed by atoms with Crippen molar-refractivity contribution in [3.05, 3.63) is 34.6 Å². The second-order valence-electron chi connectivity index (χ2n) is 3.55. The zero-order valence-electron chi connectivity index (χ0n) is 8.58. The van der Waals surface area contributed by atoms with Crippen molar-refractivity contribution < 1.29 is 9.50 Å². The summed E-state index contributed by atoms with van der Waals surface area (Å²) in [7, 11) is 0. The van der Waals surface area contributed by atoms with Crippen LogP contribution in [-0.4, -0.2) is 11.2 Å². The quantitative estimate of drug-likeness (QED) is 0.837. The molecule has 0 aliphatic rings. The Hall–Kier alpha value is -0.640. The number of halogens is 2. The summed E-state index contributed by atoms with van der Waals surface area (Å²) in [5.41, 5.74) is 6.40. The van der Waals surface area contributed by atoms with E-state index in [2.05, 4.69) is 0 Å². The Morgan fingerprint density at radius 2 is 2.20 bits per heavy atom.